The lowest BCUT2D eigenvalue weighted by molar-refractivity contribution is -0.140. The minimum absolute atomic E-state index is 0.0946. The highest BCUT2D eigenvalue weighted by atomic mass is 35.5. The third-order valence-corrected chi connectivity index (χ3v) is 6.85. The Kier molecular flexibility index (Phi) is 9.54. The molecule has 0 heterocycles. The first kappa shape index (κ1) is 30.7. The van der Waals surface area contributed by atoms with E-state index in [4.69, 9.17) is 23.2 Å². The molecule has 1 atom stereocenters. The van der Waals surface area contributed by atoms with Crippen LogP contribution < -0.4 is 9.62 Å². The molecule has 0 radical (unpaired) electrons. The molecule has 0 fully saturated rings. The number of halogens is 5. The second-order valence-corrected chi connectivity index (χ2v) is 12.2. The van der Waals surface area contributed by atoms with Crippen molar-refractivity contribution in [3.05, 3.63) is 63.6 Å². The van der Waals surface area contributed by atoms with Gasteiger partial charge in [0, 0.05) is 17.1 Å². The Hall–Kier alpha value is -2.50. The number of amides is 2. The van der Waals surface area contributed by atoms with E-state index in [9.17, 15) is 31.2 Å². The SMILES string of the molecule is C[C@@H](C(=O)NC(C)(C)C)N(Cc1ccc(Cl)cc1)C(=O)CN(c1cc(C(F)(F)F)ccc1Cl)S(C)(=O)=O. The van der Waals surface area contributed by atoms with Crippen molar-refractivity contribution in [3.8, 4) is 0 Å². The Balaban J connectivity index is 2.51. The molecule has 2 rings (SSSR count). The fourth-order valence-corrected chi connectivity index (χ4v) is 4.57. The summed E-state index contributed by atoms with van der Waals surface area (Å²) in [6.45, 7) is 5.75. The first-order valence-electron chi connectivity index (χ1n) is 11.0. The van der Waals surface area contributed by atoms with Crippen LogP contribution in [0.5, 0.6) is 0 Å². The molecule has 0 bridgehead atoms. The zero-order valence-corrected chi connectivity index (χ0v) is 23.2. The number of rotatable bonds is 8. The Labute approximate surface area is 224 Å². The van der Waals surface area contributed by atoms with E-state index in [1.165, 1.54) is 6.92 Å². The van der Waals surface area contributed by atoms with Crippen LogP contribution in [0.25, 0.3) is 0 Å². The van der Waals surface area contributed by atoms with E-state index in [0.717, 1.165) is 17.2 Å². The van der Waals surface area contributed by atoms with Crippen LogP contribution in [0.2, 0.25) is 10.0 Å². The van der Waals surface area contributed by atoms with Gasteiger partial charge in [0.05, 0.1) is 22.5 Å². The Morgan fingerprint density at radius 2 is 1.59 bits per heavy atom. The summed E-state index contributed by atoms with van der Waals surface area (Å²) < 4.78 is 65.7. The molecule has 0 saturated carbocycles. The standard InChI is InChI=1S/C24H28Cl2F3N3O4S/c1-15(22(34)30-23(2,3)4)31(13-16-6-9-18(25)10-7-16)21(33)14-32(37(5,35)36)20-12-17(24(27,28)29)8-11-19(20)26/h6-12,15H,13-14H2,1-5H3,(H,30,34)/t15-/m0/s1. The summed E-state index contributed by atoms with van der Waals surface area (Å²) >= 11 is 12.0. The van der Waals surface area contributed by atoms with Gasteiger partial charge >= 0.3 is 6.18 Å². The van der Waals surface area contributed by atoms with E-state index in [1.54, 1.807) is 45.0 Å². The third-order valence-electron chi connectivity index (χ3n) is 5.15. The van der Waals surface area contributed by atoms with Crippen molar-refractivity contribution in [2.45, 2.75) is 52.0 Å². The van der Waals surface area contributed by atoms with Gasteiger partial charge in [0.25, 0.3) is 0 Å². The molecule has 0 aromatic heterocycles. The molecule has 0 spiro atoms. The maximum atomic E-state index is 13.5. The molecule has 2 amide bonds. The van der Waals surface area contributed by atoms with Crippen LogP contribution in [-0.2, 0) is 32.3 Å². The average molecular weight is 582 g/mol. The Morgan fingerprint density at radius 1 is 1.03 bits per heavy atom. The molecule has 0 aliphatic carbocycles. The first-order chi connectivity index (χ1) is 16.8. The lowest BCUT2D eigenvalue weighted by Crippen LogP contribution is -2.54. The summed E-state index contributed by atoms with van der Waals surface area (Å²) in [5.41, 5.74) is -1.67. The van der Waals surface area contributed by atoms with Crippen LogP contribution in [0, 0.1) is 0 Å². The van der Waals surface area contributed by atoms with Gasteiger partial charge in [-0.1, -0.05) is 35.3 Å². The van der Waals surface area contributed by atoms with Gasteiger partial charge in [0.1, 0.15) is 12.6 Å². The number of carbonyl (C=O) groups excluding carboxylic acids is 2. The van der Waals surface area contributed by atoms with E-state index in [-0.39, 0.29) is 11.6 Å². The molecule has 13 heteroatoms. The van der Waals surface area contributed by atoms with Gasteiger partial charge < -0.3 is 10.2 Å². The zero-order valence-electron chi connectivity index (χ0n) is 20.9. The number of nitrogens with zero attached hydrogens (tertiary/aromatic N) is 2. The van der Waals surface area contributed by atoms with Gasteiger partial charge in [-0.2, -0.15) is 13.2 Å². The first-order valence-corrected chi connectivity index (χ1v) is 13.6. The molecule has 2 aromatic rings. The average Bonchev–Trinajstić information content (AvgIpc) is 2.74. The Bertz CT molecular complexity index is 1250. The van der Waals surface area contributed by atoms with Crippen molar-refractivity contribution in [2.75, 3.05) is 17.1 Å². The monoisotopic (exact) mass is 581 g/mol. The highest BCUT2D eigenvalue weighted by Gasteiger charge is 2.35. The number of hydrogen-bond donors (Lipinski definition) is 1. The molecule has 204 valence electrons. The lowest BCUT2D eigenvalue weighted by Gasteiger charge is -2.33. The maximum absolute atomic E-state index is 13.5. The van der Waals surface area contributed by atoms with Crippen molar-refractivity contribution in [2.24, 2.45) is 0 Å². The van der Waals surface area contributed by atoms with Gasteiger partial charge in [-0.25, -0.2) is 8.42 Å². The van der Waals surface area contributed by atoms with Crippen molar-refractivity contribution in [3.63, 3.8) is 0 Å². The molecule has 0 unspecified atom stereocenters. The molecular weight excluding hydrogens is 554 g/mol. The number of carbonyl (C=O) groups is 2. The fraction of sp³-hybridized carbons (Fsp3) is 0.417. The third kappa shape index (κ3) is 8.79. The maximum Gasteiger partial charge on any atom is 0.416 e. The molecule has 0 saturated heterocycles. The minimum Gasteiger partial charge on any atom is -0.350 e. The van der Waals surface area contributed by atoms with Crippen molar-refractivity contribution < 1.29 is 31.2 Å². The molecule has 37 heavy (non-hydrogen) atoms. The number of hydrogen-bond acceptors (Lipinski definition) is 4. The summed E-state index contributed by atoms with van der Waals surface area (Å²) in [4.78, 5) is 27.5. The number of benzene rings is 2. The van der Waals surface area contributed by atoms with Crippen LogP contribution >= 0.6 is 23.2 Å². The van der Waals surface area contributed by atoms with Gasteiger partial charge in [-0.3, -0.25) is 13.9 Å². The van der Waals surface area contributed by atoms with Crippen LogP contribution in [0.4, 0.5) is 18.9 Å². The van der Waals surface area contributed by atoms with E-state index in [0.29, 0.717) is 27.0 Å². The van der Waals surface area contributed by atoms with E-state index >= 15 is 0 Å². The van der Waals surface area contributed by atoms with Crippen LogP contribution in [-0.4, -0.2) is 49.5 Å². The topological polar surface area (TPSA) is 86.8 Å². The molecule has 7 nitrogen and oxygen atoms in total. The molecule has 0 aliphatic rings. The van der Waals surface area contributed by atoms with Crippen molar-refractivity contribution >= 4 is 50.7 Å². The highest BCUT2D eigenvalue weighted by molar-refractivity contribution is 7.92. The zero-order chi connectivity index (χ0) is 28.3. The normalized spacial score (nSPS) is 13.1. The van der Waals surface area contributed by atoms with E-state index in [1.807, 2.05) is 0 Å². The smallest absolute Gasteiger partial charge is 0.350 e. The van der Waals surface area contributed by atoms with E-state index in [2.05, 4.69) is 5.32 Å². The Morgan fingerprint density at radius 3 is 2.08 bits per heavy atom. The van der Waals surface area contributed by atoms with Crippen LogP contribution in [0.3, 0.4) is 0 Å². The highest BCUT2D eigenvalue weighted by Crippen LogP contribution is 2.36. The number of anilines is 1. The molecule has 1 N–H and O–H groups in total. The number of nitrogens with one attached hydrogen (secondary N) is 1. The predicted octanol–water partition coefficient (Wildman–Crippen LogP) is 5.11. The predicted molar refractivity (Wildman–Crippen MR) is 138 cm³/mol. The summed E-state index contributed by atoms with van der Waals surface area (Å²) in [6, 6.07) is 7.57. The quantitative estimate of drug-likeness (QED) is 0.469. The summed E-state index contributed by atoms with van der Waals surface area (Å²) in [5, 5.41) is 2.92. The number of alkyl halides is 3. The molecular formula is C24H28Cl2F3N3O4S. The summed E-state index contributed by atoms with van der Waals surface area (Å²) in [7, 11) is -4.27. The second-order valence-electron chi connectivity index (χ2n) is 9.50. The van der Waals surface area contributed by atoms with E-state index < -0.39 is 57.4 Å². The van der Waals surface area contributed by atoms with Gasteiger partial charge in [-0.15, -0.1) is 0 Å². The van der Waals surface area contributed by atoms with Crippen molar-refractivity contribution in [1.82, 2.24) is 10.2 Å². The largest absolute Gasteiger partial charge is 0.416 e. The van der Waals surface area contributed by atoms with Gasteiger partial charge in [0.2, 0.25) is 21.8 Å². The van der Waals surface area contributed by atoms with Crippen LogP contribution in [0.15, 0.2) is 42.5 Å². The lowest BCUT2D eigenvalue weighted by atomic mass is 10.1. The van der Waals surface area contributed by atoms with Crippen molar-refractivity contribution in [1.29, 1.82) is 0 Å². The molecule has 2 aromatic carbocycles. The summed E-state index contributed by atoms with van der Waals surface area (Å²) in [5.74, 6) is -1.33. The van der Waals surface area contributed by atoms with Gasteiger partial charge in [0.15, 0.2) is 0 Å². The van der Waals surface area contributed by atoms with Gasteiger partial charge in [-0.05, 0) is 63.6 Å². The second kappa shape index (κ2) is 11.5. The van der Waals surface area contributed by atoms with Crippen LogP contribution in [0.1, 0.15) is 38.8 Å². The summed E-state index contributed by atoms with van der Waals surface area (Å²) in [6.07, 6.45) is -4.02. The molecule has 0 aliphatic heterocycles. The number of sulfonamides is 1. The fourth-order valence-electron chi connectivity index (χ4n) is 3.32. The minimum atomic E-state index is -4.77.